The highest BCUT2D eigenvalue weighted by molar-refractivity contribution is 6.31. The number of halogens is 1. The fourth-order valence-electron chi connectivity index (χ4n) is 2.21. The second-order valence-electron chi connectivity index (χ2n) is 5.26. The number of rotatable bonds is 9. The van der Waals surface area contributed by atoms with Gasteiger partial charge in [0.2, 0.25) is 0 Å². The molecule has 3 nitrogen and oxygen atoms in total. The summed E-state index contributed by atoms with van der Waals surface area (Å²) in [6.45, 7) is 7.20. The van der Waals surface area contributed by atoms with Gasteiger partial charge in [-0.3, -0.25) is 4.90 Å². The van der Waals surface area contributed by atoms with Crippen molar-refractivity contribution in [2.24, 2.45) is 0 Å². The van der Waals surface area contributed by atoms with E-state index >= 15 is 0 Å². The van der Waals surface area contributed by atoms with E-state index in [2.05, 4.69) is 37.2 Å². The summed E-state index contributed by atoms with van der Waals surface area (Å²) in [7, 11) is 3.89. The zero-order valence-electron chi connectivity index (χ0n) is 13.0. The van der Waals surface area contributed by atoms with Crippen molar-refractivity contribution in [3.05, 3.63) is 34.9 Å². The zero-order chi connectivity index (χ0) is 15.0. The van der Waals surface area contributed by atoms with Gasteiger partial charge in [-0.2, -0.15) is 0 Å². The molecule has 0 aliphatic heterocycles. The Labute approximate surface area is 128 Å². The van der Waals surface area contributed by atoms with Gasteiger partial charge in [0.1, 0.15) is 0 Å². The van der Waals surface area contributed by atoms with E-state index in [0.717, 1.165) is 31.1 Å². The van der Waals surface area contributed by atoms with Crippen LogP contribution in [-0.4, -0.2) is 44.8 Å². The van der Waals surface area contributed by atoms with Crippen LogP contribution in [0.4, 0.5) is 0 Å². The van der Waals surface area contributed by atoms with Gasteiger partial charge in [-0.1, -0.05) is 29.8 Å². The standard InChI is InChI=1S/C16H27ClN2O/c1-13(12-18-10-7-11-20-4)19(3)14(2)15-8-5-6-9-16(15)17/h5-6,8-9,13-14,18H,7,10-12H2,1-4H3. The van der Waals surface area contributed by atoms with Crippen molar-refractivity contribution in [2.75, 3.05) is 33.9 Å². The number of methoxy groups -OCH3 is 1. The Kier molecular flexibility index (Phi) is 8.15. The van der Waals surface area contributed by atoms with Crippen LogP contribution in [0.2, 0.25) is 5.02 Å². The maximum Gasteiger partial charge on any atom is 0.0474 e. The van der Waals surface area contributed by atoms with Gasteiger partial charge in [-0.25, -0.2) is 0 Å². The highest BCUT2D eigenvalue weighted by Gasteiger charge is 2.18. The molecule has 2 unspecified atom stereocenters. The van der Waals surface area contributed by atoms with Crippen molar-refractivity contribution >= 4 is 11.6 Å². The Hall–Kier alpha value is -0.610. The lowest BCUT2D eigenvalue weighted by atomic mass is 10.1. The van der Waals surface area contributed by atoms with Crippen molar-refractivity contribution in [1.82, 2.24) is 10.2 Å². The third-order valence-electron chi connectivity index (χ3n) is 3.80. The number of nitrogens with one attached hydrogen (secondary N) is 1. The van der Waals surface area contributed by atoms with Gasteiger partial charge in [0, 0.05) is 37.4 Å². The van der Waals surface area contributed by atoms with Gasteiger partial charge >= 0.3 is 0 Å². The molecule has 20 heavy (non-hydrogen) atoms. The van der Waals surface area contributed by atoms with Crippen LogP contribution in [0.25, 0.3) is 0 Å². The van der Waals surface area contributed by atoms with E-state index in [1.54, 1.807) is 7.11 Å². The molecule has 0 fully saturated rings. The van der Waals surface area contributed by atoms with Crippen molar-refractivity contribution in [3.8, 4) is 0 Å². The van der Waals surface area contributed by atoms with Crippen LogP contribution in [-0.2, 0) is 4.74 Å². The Bertz CT molecular complexity index is 386. The molecule has 0 heterocycles. The summed E-state index contributed by atoms with van der Waals surface area (Å²) in [5, 5.41) is 4.31. The van der Waals surface area contributed by atoms with Gasteiger partial charge in [0.25, 0.3) is 0 Å². The van der Waals surface area contributed by atoms with Crippen LogP contribution in [0.3, 0.4) is 0 Å². The highest BCUT2D eigenvalue weighted by Crippen LogP contribution is 2.27. The first-order valence-corrected chi connectivity index (χ1v) is 7.61. The number of hydrogen-bond acceptors (Lipinski definition) is 3. The Morgan fingerprint density at radius 2 is 2.00 bits per heavy atom. The van der Waals surface area contributed by atoms with E-state index < -0.39 is 0 Å². The Morgan fingerprint density at radius 3 is 2.65 bits per heavy atom. The predicted molar refractivity (Wildman–Crippen MR) is 86.5 cm³/mol. The molecule has 0 saturated carbocycles. The van der Waals surface area contributed by atoms with E-state index in [1.165, 1.54) is 5.56 Å². The summed E-state index contributed by atoms with van der Waals surface area (Å²) in [5.74, 6) is 0. The van der Waals surface area contributed by atoms with E-state index in [-0.39, 0.29) is 0 Å². The lowest BCUT2D eigenvalue weighted by Crippen LogP contribution is -2.39. The monoisotopic (exact) mass is 298 g/mol. The van der Waals surface area contributed by atoms with Gasteiger partial charge in [-0.05, 0) is 45.5 Å². The van der Waals surface area contributed by atoms with E-state index in [9.17, 15) is 0 Å². The van der Waals surface area contributed by atoms with E-state index in [0.29, 0.717) is 12.1 Å². The van der Waals surface area contributed by atoms with Crippen molar-refractivity contribution in [1.29, 1.82) is 0 Å². The minimum Gasteiger partial charge on any atom is -0.385 e. The van der Waals surface area contributed by atoms with Crippen LogP contribution < -0.4 is 5.32 Å². The second-order valence-corrected chi connectivity index (χ2v) is 5.67. The summed E-state index contributed by atoms with van der Waals surface area (Å²) in [6.07, 6.45) is 1.05. The summed E-state index contributed by atoms with van der Waals surface area (Å²) in [4.78, 5) is 2.35. The fourth-order valence-corrected chi connectivity index (χ4v) is 2.51. The maximum atomic E-state index is 6.27. The van der Waals surface area contributed by atoms with Crippen molar-refractivity contribution < 1.29 is 4.74 Å². The molecule has 0 radical (unpaired) electrons. The molecule has 0 bridgehead atoms. The molecule has 114 valence electrons. The molecule has 0 amide bonds. The minimum atomic E-state index is 0.305. The number of ether oxygens (including phenoxy) is 1. The first-order valence-electron chi connectivity index (χ1n) is 7.24. The first-order chi connectivity index (χ1) is 9.57. The molecule has 0 aliphatic rings. The van der Waals surface area contributed by atoms with Crippen LogP contribution in [0.5, 0.6) is 0 Å². The highest BCUT2D eigenvalue weighted by atomic mass is 35.5. The minimum absolute atomic E-state index is 0.305. The molecule has 0 aromatic heterocycles. The average molecular weight is 299 g/mol. The van der Waals surface area contributed by atoms with E-state index in [1.807, 2.05) is 18.2 Å². The molecule has 0 aliphatic carbocycles. The summed E-state index contributed by atoms with van der Waals surface area (Å²) >= 11 is 6.27. The third-order valence-corrected chi connectivity index (χ3v) is 4.15. The molecule has 0 saturated heterocycles. The quantitative estimate of drug-likeness (QED) is 0.708. The SMILES string of the molecule is COCCCNCC(C)N(C)C(C)c1ccccc1Cl. The Balaban J connectivity index is 2.43. The molecule has 1 aromatic carbocycles. The third kappa shape index (κ3) is 5.41. The van der Waals surface area contributed by atoms with Gasteiger partial charge < -0.3 is 10.1 Å². The number of benzene rings is 1. The normalized spacial score (nSPS) is 14.5. The van der Waals surface area contributed by atoms with Gasteiger partial charge in [0.15, 0.2) is 0 Å². The first kappa shape index (κ1) is 17.4. The molecule has 2 atom stereocenters. The van der Waals surface area contributed by atoms with Crippen LogP contribution in [0.15, 0.2) is 24.3 Å². The molecular formula is C16H27ClN2O. The molecule has 0 spiro atoms. The number of likely N-dealkylation sites (N-methyl/N-ethyl adjacent to an activating group) is 1. The topological polar surface area (TPSA) is 24.5 Å². The van der Waals surface area contributed by atoms with Crippen LogP contribution in [0, 0.1) is 0 Å². The number of nitrogens with zero attached hydrogens (tertiary/aromatic N) is 1. The molecule has 4 heteroatoms. The average Bonchev–Trinajstić information content (AvgIpc) is 2.46. The molecule has 1 rings (SSSR count). The summed E-state index contributed by atoms with van der Waals surface area (Å²) in [6, 6.07) is 8.82. The maximum absolute atomic E-state index is 6.27. The summed E-state index contributed by atoms with van der Waals surface area (Å²) < 4.78 is 5.04. The summed E-state index contributed by atoms with van der Waals surface area (Å²) in [5.41, 5.74) is 1.18. The molecule has 1 aromatic rings. The Morgan fingerprint density at radius 1 is 1.30 bits per heavy atom. The van der Waals surface area contributed by atoms with Crippen LogP contribution >= 0.6 is 11.6 Å². The predicted octanol–water partition coefficient (Wildman–Crippen LogP) is 3.35. The second kappa shape index (κ2) is 9.35. The van der Waals surface area contributed by atoms with Crippen LogP contribution in [0.1, 0.15) is 31.9 Å². The van der Waals surface area contributed by atoms with Gasteiger partial charge in [0.05, 0.1) is 0 Å². The van der Waals surface area contributed by atoms with Crippen molar-refractivity contribution in [3.63, 3.8) is 0 Å². The molecule has 1 N–H and O–H groups in total. The lowest BCUT2D eigenvalue weighted by molar-refractivity contribution is 0.182. The largest absolute Gasteiger partial charge is 0.385 e. The van der Waals surface area contributed by atoms with E-state index in [4.69, 9.17) is 16.3 Å². The van der Waals surface area contributed by atoms with Crippen molar-refractivity contribution in [2.45, 2.75) is 32.4 Å². The van der Waals surface area contributed by atoms with Gasteiger partial charge in [-0.15, -0.1) is 0 Å². The smallest absolute Gasteiger partial charge is 0.0474 e. The zero-order valence-corrected chi connectivity index (χ0v) is 13.8. The fraction of sp³-hybridized carbons (Fsp3) is 0.625. The number of hydrogen-bond donors (Lipinski definition) is 1. The lowest BCUT2D eigenvalue weighted by Gasteiger charge is -2.31. The molecular weight excluding hydrogens is 272 g/mol.